The van der Waals surface area contributed by atoms with Gasteiger partial charge in [0.05, 0.1) is 4.90 Å². The second-order valence-electron chi connectivity index (χ2n) is 6.28. The van der Waals surface area contributed by atoms with Crippen LogP contribution in [0.1, 0.15) is 10.4 Å². The Balaban J connectivity index is 2.00. The van der Waals surface area contributed by atoms with E-state index in [1.165, 1.54) is 0 Å². The minimum Gasteiger partial charge on any atom is -0.377 e. The Kier molecular flexibility index (Phi) is 5.05. The van der Waals surface area contributed by atoms with Crippen LogP contribution in [-0.4, -0.2) is 35.5 Å². The molecule has 0 heterocycles. The van der Waals surface area contributed by atoms with Crippen LogP contribution in [0.25, 0.3) is 10.8 Å². The molecule has 0 aliphatic heterocycles. The van der Waals surface area contributed by atoms with Gasteiger partial charge in [-0.1, -0.05) is 24.3 Å². The number of hydrogen-bond donors (Lipinski definition) is 2. The maximum atomic E-state index is 13.0. The molecule has 7 heteroatoms. The van der Waals surface area contributed by atoms with E-state index in [1.54, 1.807) is 49.5 Å². The fourth-order valence-corrected chi connectivity index (χ4v) is 4.21. The van der Waals surface area contributed by atoms with Crippen molar-refractivity contribution in [3.63, 3.8) is 0 Å². The maximum Gasteiger partial charge on any atom is 0.262 e. The predicted octanol–water partition coefficient (Wildman–Crippen LogP) is 3.07. The van der Waals surface area contributed by atoms with Gasteiger partial charge in [0.15, 0.2) is 0 Å². The Bertz CT molecular complexity index is 1090. The second-order valence-corrected chi connectivity index (χ2v) is 7.94. The van der Waals surface area contributed by atoms with Crippen LogP contribution >= 0.6 is 0 Å². The van der Waals surface area contributed by atoms with Crippen LogP contribution in [0.2, 0.25) is 0 Å². The molecule has 0 fully saturated rings. The number of sulfonamides is 1. The van der Waals surface area contributed by atoms with Crippen LogP contribution in [-0.2, 0) is 10.0 Å². The first-order chi connectivity index (χ1) is 12.8. The topological polar surface area (TPSA) is 78.5 Å². The maximum absolute atomic E-state index is 13.0. The average molecular weight is 383 g/mol. The van der Waals surface area contributed by atoms with Crippen molar-refractivity contribution >= 4 is 38.1 Å². The summed E-state index contributed by atoms with van der Waals surface area (Å²) in [6, 6.07) is 17.1. The third-order valence-corrected chi connectivity index (χ3v) is 5.70. The number of benzene rings is 3. The van der Waals surface area contributed by atoms with E-state index in [-0.39, 0.29) is 10.8 Å². The predicted molar refractivity (Wildman–Crippen MR) is 109 cm³/mol. The second kappa shape index (κ2) is 7.28. The summed E-state index contributed by atoms with van der Waals surface area (Å²) in [6.45, 7) is 0. The van der Waals surface area contributed by atoms with Crippen LogP contribution in [0.4, 0.5) is 11.4 Å². The van der Waals surface area contributed by atoms with E-state index in [9.17, 15) is 13.2 Å². The van der Waals surface area contributed by atoms with Crippen molar-refractivity contribution in [2.45, 2.75) is 4.90 Å². The van der Waals surface area contributed by atoms with Crippen LogP contribution in [0, 0.1) is 0 Å². The number of carbonyl (C=O) groups excluding carboxylic acids is 1. The summed E-state index contributed by atoms with van der Waals surface area (Å²) < 4.78 is 28.5. The first-order valence-electron chi connectivity index (χ1n) is 8.37. The zero-order valence-corrected chi connectivity index (χ0v) is 16.2. The molecule has 0 saturated carbocycles. The van der Waals surface area contributed by atoms with Gasteiger partial charge in [-0.15, -0.1) is 0 Å². The summed E-state index contributed by atoms with van der Waals surface area (Å²) in [4.78, 5) is 13.8. The average Bonchev–Trinajstić information content (AvgIpc) is 2.66. The lowest BCUT2D eigenvalue weighted by Gasteiger charge is -2.17. The first kappa shape index (κ1) is 18.7. The molecule has 0 atom stereocenters. The Morgan fingerprint density at radius 2 is 1.52 bits per heavy atom. The molecule has 0 saturated heterocycles. The van der Waals surface area contributed by atoms with Gasteiger partial charge >= 0.3 is 0 Å². The van der Waals surface area contributed by atoms with Gasteiger partial charge in [0.25, 0.3) is 15.9 Å². The summed E-state index contributed by atoms with van der Waals surface area (Å²) in [5.41, 5.74) is 1.80. The van der Waals surface area contributed by atoms with Gasteiger partial charge in [-0.2, -0.15) is 0 Å². The van der Waals surface area contributed by atoms with Crippen LogP contribution in [0.5, 0.6) is 0 Å². The van der Waals surface area contributed by atoms with Crippen molar-refractivity contribution < 1.29 is 13.2 Å². The molecular formula is C20H21N3O3S. The van der Waals surface area contributed by atoms with Gasteiger partial charge in [0.1, 0.15) is 0 Å². The number of anilines is 2. The van der Waals surface area contributed by atoms with Crippen molar-refractivity contribution in [2.24, 2.45) is 0 Å². The van der Waals surface area contributed by atoms with Crippen molar-refractivity contribution in [3.8, 4) is 0 Å². The molecule has 0 aliphatic carbocycles. The number of hydrogen-bond acceptors (Lipinski definition) is 4. The number of carbonyl (C=O) groups is 1. The summed E-state index contributed by atoms with van der Waals surface area (Å²) >= 11 is 0. The normalized spacial score (nSPS) is 11.2. The fraction of sp³-hybridized carbons (Fsp3) is 0.150. The van der Waals surface area contributed by atoms with E-state index in [1.807, 2.05) is 37.2 Å². The molecule has 0 aromatic heterocycles. The molecule has 6 nitrogen and oxygen atoms in total. The number of nitrogens with zero attached hydrogens (tertiary/aromatic N) is 1. The van der Waals surface area contributed by atoms with Crippen molar-refractivity contribution in [2.75, 3.05) is 30.8 Å². The molecule has 3 rings (SSSR count). The Hall–Kier alpha value is -3.06. The molecule has 3 aromatic rings. The molecule has 140 valence electrons. The van der Waals surface area contributed by atoms with E-state index in [0.717, 1.165) is 11.1 Å². The minimum absolute atomic E-state index is 0.207. The largest absolute Gasteiger partial charge is 0.377 e. The van der Waals surface area contributed by atoms with Crippen LogP contribution < -0.4 is 14.9 Å². The van der Waals surface area contributed by atoms with Gasteiger partial charge in [-0.25, -0.2) is 8.42 Å². The minimum atomic E-state index is -3.79. The molecule has 2 N–H and O–H groups in total. The molecule has 0 spiro atoms. The SMILES string of the molecule is CNC(=O)c1ccc(NS(=O)(=O)c2cccc3c(N(C)C)cccc23)cc1. The Labute approximate surface area is 158 Å². The van der Waals surface area contributed by atoms with Gasteiger partial charge < -0.3 is 10.2 Å². The summed E-state index contributed by atoms with van der Waals surface area (Å²) in [6.07, 6.45) is 0. The van der Waals surface area contributed by atoms with E-state index in [2.05, 4.69) is 10.0 Å². The summed E-state index contributed by atoms with van der Waals surface area (Å²) in [7, 11) is 1.59. The Morgan fingerprint density at radius 3 is 2.15 bits per heavy atom. The smallest absolute Gasteiger partial charge is 0.262 e. The molecule has 0 unspecified atom stereocenters. The lowest BCUT2D eigenvalue weighted by molar-refractivity contribution is 0.0963. The standard InChI is InChI=1S/C20H21N3O3S/c1-21-20(24)14-10-12-15(13-11-14)22-27(25,26)19-9-5-6-16-17(19)7-4-8-18(16)23(2)3/h4-13,22H,1-3H3,(H,21,24). The number of fused-ring (bicyclic) bond motifs is 1. The Morgan fingerprint density at radius 1 is 0.889 bits per heavy atom. The number of nitrogens with one attached hydrogen (secondary N) is 2. The lowest BCUT2D eigenvalue weighted by atomic mass is 10.1. The molecular weight excluding hydrogens is 362 g/mol. The van der Waals surface area contributed by atoms with E-state index in [0.29, 0.717) is 16.6 Å². The summed E-state index contributed by atoms with van der Waals surface area (Å²) in [5, 5.41) is 4.04. The lowest BCUT2D eigenvalue weighted by Crippen LogP contribution is -2.18. The van der Waals surface area contributed by atoms with Crippen molar-refractivity contribution in [3.05, 3.63) is 66.2 Å². The molecule has 0 radical (unpaired) electrons. The highest BCUT2D eigenvalue weighted by Gasteiger charge is 2.19. The molecule has 1 amide bonds. The van der Waals surface area contributed by atoms with Crippen LogP contribution in [0.3, 0.4) is 0 Å². The molecule has 27 heavy (non-hydrogen) atoms. The number of amides is 1. The molecule has 0 bridgehead atoms. The van der Waals surface area contributed by atoms with Gasteiger partial charge in [-0.05, 0) is 36.4 Å². The van der Waals surface area contributed by atoms with E-state index in [4.69, 9.17) is 0 Å². The molecule has 3 aromatic carbocycles. The highest BCUT2D eigenvalue weighted by molar-refractivity contribution is 7.93. The van der Waals surface area contributed by atoms with Gasteiger partial charge in [0, 0.05) is 48.9 Å². The zero-order valence-electron chi connectivity index (χ0n) is 15.4. The van der Waals surface area contributed by atoms with E-state index < -0.39 is 10.0 Å². The zero-order chi connectivity index (χ0) is 19.6. The third kappa shape index (κ3) is 3.73. The van der Waals surface area contributed by atoms with Crippen molar-refractivity contribution in [1.82, 2.24) is 5.32 Å². The molecule has 0 aliphatic rings. The number of rotatable bonds is 5. The van der Waals surface area contributed by atoms with Gasteiger partial charge in [-0.3, -0.25) is 9.52 Å². The highest BCUT2D eigenvalue weighted by Crippen LogP contribution is 2.31. The fourth-order valence-electron chi connectivity index (χ4n) is 2.93. The first-order valence-corrected chi connectivity index (χ1v) is 9.86. The van der Waals surface area contributed by atoms with E-state index >= 15 is 0 Å². The highest BCUT2D eigenvalue weighted by atomic mass is 32.2. The van der Waals surface area contributed by atoms with Crippen molar-refractivity contribution in [1.29, 1.82) is 0 Å². The van der Waals surface area contributed by atoms with Crippen LogP contribution in [0.15, 0.2) is 65.6 Å². The monoisotopic (exact) mass is 383 g/mol. The summed E-state index contributed by atoms with van der Waals surface area (Å²) in [5.74, 6) is -0.227. The van der Waals surface area contributed by atoms with Gasteiger partial charge in [0.2, 0.25) is 0 Å². The quantitative estimate of drug-likeness (QED) is 0.710. The third-order valence-electron chi connectivity index (χ3n) is 4.26.